The minimum atomic E-state index is -0.519. The molecule has 1 aromatic carbocycles. The smallest absolute Gasteiger partial charge is 0.278 e. The van der Waals surface area contributed by atoms with Gasteiger partial charge in [0.25, 0.3) is 11.5 Å². The molecule has 182 valence electrons. The van der Waals surface area contributed by atoms with Crippen molar-refractivity contribution in [1.82, 2.24) is 35.2 Å². The molecular formula is C24H28N8O3. The van der Waals surface area contributed by atoms with Gasteiger partial charge < -0.3 is 9.72 Å². The highest BCUT2D eigenvalue weighted by Gasteiger charge is 2.26. The third-order valence-electron chi connectivity index (χ3n) is 6.39. The van der Waals surface area contributed by atoms with Crippen LogP contribution in [0, 0.1) is 0 Å². The van der Waals surface area contributed by atoms with Gasteiger partial charge in [0.15, 0.2) is 5.69 Å². The maximum Gasteiger partial charge on any atom is 0.278 e. The van der Waals surface area contributed by atoms with Crippen molar-refractivity contribution in [3.8, 4) is 17.0 Å². The van der Waals surface area contributed by atoms with Crippen LogP contribution in [0.5, 0.6) is 5.75 Å². The third kappa shape index (κ3) is 4.79. The van der Waals surface area contributed by atoms with E-state index in [0.717, 1.165) is 55.5 Å². The normalized spacial score (nSPS) is 14.3. The number of carbonyl (C=O) groups is 1. The molecule has 5 rings (SSSR count). The second kappa shape index (κ2) is 10.1. The number of hydrogen-bond acceptors (Lipinski definition) is 7. The van der Waals surface area contributed by atoms with E-state index in [0.29, 0.717) is 17.8 Å². The van der Waals surface area contributed by atoms with E-state index < -0.39 is 5.91 Å². The topological polar surface area (TPSA) is 143 Å². The van der Waals surface area contributed by atoms with Crippen LogP contribution in [0.1, 0.15) is 73.8 Å². The molecule has 1 amide bonds. The lowest BCUT2D eigenvalue weighted by Gasteiger charge is -2.23. The number of fused-ring (bicyclic) bond motifs is 1. The van der Waals surface area contributed by atoms with Crippen molar-refractivity contribution in [1.29, 1.82) is 0 Å². The number of rotatable bonds is 8. The minimum Gasteiger partial charge on any atom is -0.494 e. The summed E-state index contributed by atoms with van der Waals surface area (Å²) >= 11 is 0. The second-order valence-electron chi connectivity index (χ2n) is 8.81. The average Bonchev–Trinajstić information content (AvgIpc) is 3.55. The fraction of sp³-hybridized carbons (Fsp3) is 0.417. The van der Waals surface area contributed by atoms with Gasteiger partial charge in [0, 0.05) is 11.6 Å². The molecule has 11 nitrogen and oxygen atoms in total. The molecule has 1 aliphatic rings. The molecule has 11 heteroatoms. The predicted octanol–water partition coefficient (Wildman–Crippen LogP) is 3.68. The number of anilines is 1. The molecule has 0 bridgehead atoms. The SMILES string of the molecule is CCCCOc1ccc(-c2[nH]c3cc(C(=O)Nc4nnn[nH]4)nn3c(=O)c2C2CCCCC2)cc1. The van der Waals surface area contributed by atoms with Gasteiger partial charge in [-0.2, -0.15) is 9.61 Å². The number of ether oxygens (including phenoxy) is 1. The Labute approximate surface area is 201 Å². The molecule has 0 unspecified atom stereocenters. The molecule has 3 heterocycles. The van der Waals surface area contributed by atoms with E-state index in [9.17, 15) is 9.59 Å². The lowest BCUT2D eigenvalue weighted by Crippen LogP contribution is -2.25. The Bertz CT molecular complexity index is 1350. The first-order chi connectivity index (χ1) is 17.1. The van der Waals surface area contributed by atoms with Gasteiger partial charge in [-0.1, -0.05) is 37.7 Å². The highest BCUT2D eigenvalue weighted by atomic mass is 16.5. The summed E-state index contributed by atoms with van der Waals surface area (Å²) in [5, 5.41) is 19.8. The fourth-order valence-corrected chi connectivity index (χ4v) is 4.59. The van der Waals surface area contributed by atoms with Gasteiger partial charge in [0.1, 0.15) is 11.4 Å². The molecule has 4 aromatic rings. The van der Waals surface area contributed by atoms with Gasteiger partial charge >= 0.3 is 0 Å². The summed E-state index contributed by atoms with van der Waals surface area (Å²) in [7, 11) is 0. The van der Waals surface area contributed by atoms with E-state index in [4.69, 9.17) is 4.74 Å². The maximum absolute atomic E-state index is 13.7. The average molecular weight is 477 g/mol. The van der Waals surface area contributed by atoms with E-state index in [-0.39, 0.29) is 23.1 Å². The first-order valence-electron chi connectivity index (χ1n) is 12.1. The first kappa shape index (κ1) is 22.8. The Morgan fingerprint density at radius 3 is 2.71 bits per heavy atom. The van der Waals surface area contributed by atoms with Crippen molar-refractivity contribution in [3.63, 3.8) is 0 Å². The number of unbranched alkanes of at least 4 members (excludes halogenated alkanes) is 1. The molecule has 0 aliphatic heterocycles. The summed E-state index contributed by atoms with van der Waals surface area (Å²) in [6, 6.07) is 9.35. The summed E-state index contributed by atoms with van der Waals surface area (Å²) in [6.45, 7) is 2.80. The quantitative estimate of drug-likeness (QED) is 0.329. The molecule has 0 radical (unpaired) electrons. The molecule has 0 atom stereocenters. The lowest BCUT2D eigenvalue weighted by molar-refractivity contribution is 0.102. The van der Waals surface area contributed by atoms with E-state index in [1.807, 2.05) is 24.3 Å². The summed E-state index contributed by atoms with van der Waals surface area (Å²) in [6.07, 6.45) is 7.33. The lowest BCUT2D eigenvalue weighted by atomic mass is 9.83. The Kier molecular flexibility index (Phi) is 6.55. The molecule has 1 saturated carbocycles. The van der Waals surface area contributed by atoms with Crippen LogP contribution < -0.4 is 15.6 Å². The van der Waals surface area contributed by atoms with Crippen molar-refractivity contribution >= 4 is 17.5 Å². The molecule has 3 aromatic heterocycles. The standard InChI is InChI=1S/C24H28N8O3/c1-2-3-13-35-17-11-9-16(10-12-17)21-20(15-7-5-4-6-8-15)23(34)32-19(25-21)14-18(29-32)22(33)26-24-27-30-31-28-24/h9-12,14-15,25H,2-8,13H2,1H3,(H2,26,27,28,30,31,33). The molecule has 3 N–H and O–H groups in total. The van der Waals surface area contributed by atoms with Crippen LogP contribution in [0.4, 0.5) is 5.95 Å². The number of nitrogens with zero attached hydrogens (tertiary/aromatic N) is 5. The monoisotopic (exact) mass is 476 g/mol. The van der Waals surface area contributed by atoms with Gasteiger partial charge in [-0.3, -0.25) is 14.9 Å². The summed E-state index contributed by atoms with van der Waals surface area (Å²) in [4.78, 5) is 29.7. The number of aromatic nitrogens is 7. The van der Waals surface area contributed by atoms with Gasteiger partial charge in [-0.05, 0) is 65.4 Å². The maximum atomic E-state index is 13.7. The second-order valence-corrected chi connectivity index (χ2v) is 8.81. The van der Waals surface area contributed by atoms with E-state index >= 15 is 0 Å². The van der Waals surface area contributed by atoms with E-state index in [2.05, 4.69) is 42.9 Å². The Hall–Kier alpha value is -4.02. The molecular weight excluding hydrogens is 448 g/mol. The van der Waals surface area contributed by atoms with Crippen molar-refractivity contribution in [2.24, 2.45) is 0 Å². The zero-order valence-corrected chi connectivity index (χ0v) is 19.6. The largest absolute Gasteiger partial charge is 0.494 e. The van der Waals surface area contributed by atoms with Crippen LogP contribution in [0.3, 0.4) is 0 Å². The molecule has 0 saturated heterocycles. The number of carbonyl (C=O) groups excluding carboxylic acids is 1. The van der Waals surface area contributed by atoms with Crippen LogP contribution in [-0.2, 0) is 0 Å². The van der Waals surface area contributed by atoms with Crippen molar-refractivity contribution in [3.05, 3.63) is 51.9 Å². The van der Waals surface area contributed by atoms with E-state index in [1.54, 1.807) is 6.07 Å². The number of hydrogen-bond donors (Lipinski definition) is 3. The van der Waals surface area contributed by atoms with Crippen molar-refractivity contribution in [2.45, 2.75) is 57.8 Å². The number of tetrazole rings is 1. The van der Waals surface area contributed by atoms with Gasteiger partial charge in [0.05, 0.1) is 12.3 Å². The van der Waals surface area contributed by atoms with Crippen molar-refractivity contribution < 1.29 is 9.53 Å². The number of nitrogens with one attached hydrogen (secondary N) is 3. The zero-order valence-electron chi connectivity index (χ0n) is 19.6. The number of H-pyrrole nitrogens is 2. The zero-order chi connectivity index (χ0) is 24.2. The number of benzene rings is 1. The van der Waals surface area contributed by atoms with Crippen LogP contribution in [0.2, 0.25) is 0 Å². The first-order valence-corrected chi connectivity index (χ1v) is 12.1. The molecule has 1 fully saturated rings. The summed E-state index contributed by atoms with van der Waals surface area (Å²) < 4.78 is 7.08. The molecule has 0 spiro atoms. The van der Waals surface area contributed by atoms with Gasteiger partial charge in [-0.15, -0.1) is 0 Å². The van der Waals surface area contributed by atoms with Gasteiger partial charge in [0.2, 0.25) is 5.95 Å². The number of aromatic amines is 2. The molecule has 35 heavy (non-hydrogen) atoms. The Morgan fingerprint density at radius 1 is 1.20 bits per heavy atom. The highest BCUT2D eigenvalue weighted by Crippen LogP contribution is 2.36. The van der Waals surface area contributed by atoms with Crippen molar-refractivity contribution in [2.75, 3.05) is 11.9 Å². The number of amides is 1. The Balaban J connectivity index is 1.54. The molecule has 1 aliphatic carbocycles. The van der Waals surface area contributed by atoms with Crippen LogP contribution in [0.25, 0.3) is 16.9 Å². The van der Waals surface area contributed by atoms with Crippen LogP contribution in [0.15, 0.2) is 35.1 Å². The summed E-state index contributed by atoms with van der Waals surface area (Å²) in [5.41, 5.74) is 2.69. The van der Waals surface area contributed by atoms with E-state index in [1.165, 1.54) is 10.9 Å². The third-order valence-corrected chi connectivity index (χ3v) is 6.39. The Morgan fingerprint density at radius 2 is 2.00 bits per heavy atom. The van der Waals surface area contributed by atoms with Crippen LogP contribution >= 0.6 is 0 Å². The fourth-order valence-electron chi connectivity index (χ4n) is 4.59. The van der Waals surface area contributed by atoms with Crippen LogP contribution in [-0.4, -0.2) is 47.7 Å². The van der Waals surface area contributed by atoms with Gasteiger partial charge in [-0.25, -0.2) is 5.10 Å². The summed E-state index contributed by atoms with van der Waals surface area (Å²) in [5.74, 6) is 0.516. The minimum absolute atomic E-state index is 0.0844. The highest BCUT2D eigenvalue weighted by molar-refractivity contribution is 6.02. The predicted molar refractivity (Wildman–Crippen MR) is 130 cm³/mol.